The number of piperazine rings is 1. The number of rotatable bonds is 6. The summed E-state index contributed by atoms with van der Waals surface area (Å²) in [5, 5.41) is 3.44. The monoisotopic (exact) mass is 459 g/mol. The normalized spacial score (nSPS) is 19.1. The number of benzene rings is 2. The zero-order valence-electron chi connectivity index (χ0n) is 18.1. The van der Waals surface area contributed by atoms with Crippen molar-refractivity contribution in [3.63, 3.8) is 0 Å². The van der Waals surface area contributed by atoms with Crippen LogP contribution in [-0.4, -0.2) is 40.7 Å². The van der Waals surface area contributed by atoms with Gasteiger partial charge in [0.1, 0.15) is 16.5 Å². The van der Waals surface area contributed by atoms with E-state index in [0.29, 0.717) is 0 Å². The largest absolute Gasteiger partial charge is 0.495 e. The lowest BCUT2D eigenvalue weighted by Crippen LogP contribution is -2.54. The van der Waals surface area contributed by atoms with Crippen LogP contribution < -0.4 is 19.7 Å². The van der Waals surface area contributed by atoms with Gasteiger partial charge in [0, 0.05) is 36.4 Å². The molecule has 1 aliphatic heterocycles. The Morgan fingerprint density at radius 2 is 1.84 bits per heavy atom. The molecule has 1 fully saturated rings. The van der Waals surface area contributed by atoms with E-state index < -0.39 is 15.8 Å². The summed E-state index contributed by atoms with van der Waals surface area (Å²) in [6.45, 7) is 5.64. The SMILES string of the molecule is COc1cc(-c2ccoc2)ccc1S(=O)(=O)Nc1cc(N2CC(C)NC(C)C2)ccc1F. The summed E-state index contributed by atoms with van der Waals surface area (Å²) in [4.78, 5) is 2.03. The second kappa shape index (κ2) is 8.84. The lowest BCUT2D eigenvalue weighted by molar-refractivity contribution is 0.403. The van der Waals surface area contributed by atoms with Gasteiger partial charge in [-0.15, -0.1) is 0 Å². The number of methoxy groups -OCH3 is 1. The predicted molar refractivity (Wildman–Crippen MR) is 122 cm³/mol. The molecule has 0 aliphatic carbocycles. The molecular weight excluding hydrogens is 433 g/mol. The number of furan rings is 1. The minimum Gasteiger partial charge on any atom is -0.495 e. The van der Waals surface area contributed by atoms with E-state index in [1.165, 1.54) is 31.6 Å². The molecule has 1 aromatic heterocycles. The van der Waals surface area contributed by atoms with Crippen LogP contribution in [0.2, 0.25) is 0 Å². The molecule has 2 atom stereocenters. The van der Waals surface area contributed by atoms with Crippen LogP contribution in [0.15, 0.2) is 64.3 Å². The van der Waals surface area contributed by atoms with Crippen molar-refractivity contribution >= 4 is 21.4 Å². The van der Waals surface area contributed by atoms with Crippen molar-refractivity contribution in [1.29, 1.82) is 0 Å². The van der Waals surface area contributed by atoms with Crippen LogP contribution >= 0.6 is 0 Å². The number of ether oxygens (including phenoxy) is 1. The Bertz CT molecular complexity index is 1190. The second-order valence-corrected chi connectivity index (χ2v) is 9.67. The van der Waals surface area contributed by atoms with Gasteiger partial charge in [-0.1, -0.05) is 6.07 Å². The fraction of sp³-hybridized carbons (Fsp3) is 0.304. The molecule has 170 valence electrons. The maximum Gasteiger partial charge on any atom is 0.265 e. The van der Waals surface area contributed by atoms with E-state index in [1.807, 2.05) is 0 Å². The Morgan fingerprint density at radius 1 is 1.09 bits per heavy atom. The number of nitrogens with one attached hydrogen (secondary N) is 2. The van der Waals surface area contributed by atoms with Crippen LogP contribution in [-0.2, 0) is 10.0 Å². The molecule has 3 aromatic rings. The molecule has 0 amide bonds. The highest BCUT2D eigenvalue weighted by Crippen LogP contribution is 2.33. The average molecular weight is 460 g/mol. The number of hydrogen-bond donors (Lipinski definition) is 2. The lowest BCUT2D eigenvalue weighted by Gasteiger charge is -2.37. The van der Waals surface area contributed by atoms with E-state index in [2.05, 4.69) is 28.8 Å². The van der Waals surface area contributed by atoms with Crippen molar-refractivity contribution in [2.24, 2.45) is 0 Å². The standard InChI is InChI=1S/C23H26FN3O4S/c1-15-12-27(13-16(2)25-15)19-5-6-20(24)21(11-19)26-32(28,29)23-7-4-17(10-22(23)30-3)18-8-9-31-14-18/h4-11,14-16,25-26H,12-13H2,1-3H3. The first-order chi connectivity index (χ1) is 15.3. The highest BCUT2D eigenvalue weighted by molar-refractivity contribution is 7.92. The van der Waals surface area contributed by atoms with Gasteiger partial charge in [-0.2, -0.15) is 0 Å². The Morgan fingerprint density at radius 3 is 2.50 bits per heavy atom. The molecule has 0 spiro atoms. The summed E-state index contributed by atoms with van der Waals surface area (Å²) < 4.78 is 53.6. The molecule has 32 heavy (non-hydrogen) atoms. The Balaban J connectivity index is 1.63. The van der Waals surface area contributed by atoms with Crippen molar-refractivity contribution in [3.8, 4) is 16.9 Å². The summed E-state index contributed by atoms with van der Waals surface area (Å²) >= 11 is 0. The van der Waals surface area contributed by atoms with Crippen LogP contribution in [0.3, 0.4) is 0 Å². The highest BCUT2D eigenvalue weighted by atomic mass is 32.2. The van der Waals surface area contributed by atoms with Crippen molar-refractivity contribution in [2.45, 2.75) is 30.8 Å². The Hall–Kier alpha value is -3.04. The first-order valence-corrected chi connectivity index (χ1v) is 11.8. The zero-order chi connectivity index (χ0) is 22.9. The number of nitrogens with zero attached hydrogens (tertiary/aromatic N) is 1. The summed E-state index contributed by atoms with van der Waals surface area (Å²) in [7, 11) is -2.71. The van der Waals surface area contributed by atoms with Gasteiger partial charge in [-0.25, -0.2) is 12.8 Å². The third-order valence-electron chi connectivity index (χ3n) is 5.42. The fourth-order valence-electron chi connectivity index (χ4n) is 4.02. The molecule has 2 aromatic carbocycles. The molecule has 0 radical (unpaired) electrons. The van der Waals surface area contributed by atoms with E-state index in [0.717, 1.165) is 29.9 Å². The number of halogens is 1. The third kappa shape index (κ3) is 4.58. The van der Waals surface area contributed by atoms with E-state index in [4.69, 9.17) is 9.15 Å². The molecule has 2 N–H and O–H groups in total. The smallest absolute Gasteiger partial charge is 0.265 e. The van der Waals surface area contributed by atoms with Gasteiger partial charge in [-0.3, -0.25) is 4.72 Å². The lowest BCUT2D eigenvalue weighted by atomic mass is 10.1. The molecule has 1 saturated heterocycles. The third-order valence-corrected chi connectivity index (χ3v) is 6.83. The molecule has 2 heterocycles. The van der Waals surface area contributed by atoms with Crippen LogP contribution in [0.25, 0.3) is 11.1 Å². The summed E-state index contributed by atoms with van der Waals surface area (Å²) in [5.41, 5.74) is 2.18. The second-order valence-electron chi connectivity index (χ2n) is 8.02. The molecule has 0 saturated carbocycles. The number of hydrogen-bond acceptors (Lipinski definition) is 6. The first kappa shape index (κ1) is 22.2. The zero-order valence-corrected chi connectivity index (χ0v) is 18.9. The number of sulfonamides is 1. The quantitative estimate of drug-likeness (QED) is 0.578. The van der Waals surface area contributed by atoms with Gasteiger partial charge in [-0.05, 0) is 55.8 Å². The van der Waals surface area contributed by atoms with Crippen molar-refractivity contribution in [2.75, 3.05) is 29.8 Å². The average Bonchev–Trinajstić information content (AvgIpc) is 3.29. The van der Waals surface area contributed by atoms with Gasteiger partial charge in [0.25, 0.3) is 10.0 Å². The molecule has 0 bridgehead atoms. The van der Waals surface area contributed by atoms with Crippen LogP contribution in [0.4, 0.5) is 15.8 Å². The van der Waals surface area contributed by atoms with Gasteiger partial charge in [0.15, 0.2) is 0 Å². The maximum atomic E-state index is 14.6. The van der Waals surface area contributed by atoms with Crippen molar-refractivity contribution in [3.05, 3.63) is 60.8 Å². The van der Waals surface area contributed by atoms with Gasteiger partial charge >= 0.3 is 0 Å². The van der Waals surface area contributed by atoms with E-state index in [-0.39, 0.29) is 28.4 Å². The molecule has 7 nitrogen and oxygen atoms in total. The van der Waals surface area contributed by atoms with Crippen molar-refractivity contribution < 1.29 is 22.0 Å². The van der Waals surface area contributed by atoms with Gasteiger partial charge < -0.3 is 19.4 Å². The topological polar surface area (TPSA) is 83.8 Å². The fourth-order valence-corrected chi connectivity index (χ4v) is 5.23. The Labute approximate surface area is 187 Å². The minimum atomic E-state index is -4.10. The summed E-state index contributed by atoms with van der Waals surface area (Å²) in [5.74, 6) is -0.500. The van der Waals surface area contributed by atoms with Crippen molar-refractivity contribution in [1.82, 2.24) is 5.32 Å². The molecular formula is C23H26FN3O4S. The van der Waals surface area contributed by atoms with Crippen LogP contribution in [0, 0.1) is 5.82 Å². The molecule has 2 unspecified atom stereocenters. The van der Waals surface area contributed by atoms with E-state index in [9.17, 15) is 12.8 Å². The van der Waals surface area contributed by atoms with E-state index in [1.54, 1.807) is 30.5 Å². The van der Waals surface area contributed by atoms with Gasteiger partial charge in [0.05, 0.1) is 25.3 Å². The summed E-state index contributed by atoms with van der Waals surface area (Å²) in [6, 6.07) is 11.5. The van der Waals surface area contributed by atoms with E-state index >= 15 is 0 Å². The van der Waals surface area contributed by atoms with Gasteiger partial charge in [0.2, 0.25) is 0 Å². The highest BCUT2D eigenvalue weighted by Gasteiger charge is 2.25. The van der Waals surface area contributed by atoms with Crippen LogP contribution in [0.5, 0.6) is 5.75 Å². The molecule has 4 rings (SSSR count). The number of anilines is 2. The Kier molecular flexibility index (Phi) is 6.12. The predicted octanol–water partition coefficient (Wildman–Crippen LogP) is 4.08. The van der Waals surface area contributed by atoms with Crippen LogP contribution in [0.1, 0.15) is 13.8 Å². The molecule has 1 aliphatic rings. The maximum absolute atomic E-state index is 14.6. The minimum absolute atomic E-state index is 0.0820. The summed E-state index contributed by atoms with van der Waals surface area (Å²) in [6.07, 6.45) is 3.09. The molecule has 9 heteroatoms. The first-order valence-electron chi connectivity index (χ1n) is 10.3.